The van der Waals surface area contributed by atoms with E-state index >= 15 is 0 Å². The number of rotatable bonds is 3. The van der Waals surface area contributed by atoms with Crippen LogP contribution in [0, 0.1) is 5.92 Å². The van der Waals surface area contributed by atoms with Gasteiger partial charge in [-0.2, -0.15) is 0 Å². The lowest BCUT2D eigenvalue weighted by molar-refractivity contribution is -0.131. The van der Waals surface area contributed by atoms with Gasteiger partial charge in [0.1, 0.15) is 0 Å². The summed E-state index contributed by atoms with van der Waals surface area (Å²) in [4.78, 5) is 28.8. The average molecular weight is 290 g/mol. The molecule has 1 amide bonds. The molecule has 1 aromatic heterocycles. The van der Waals surface area contributed by atoms with Gasteiger partial charge < -0.3 is 15.1 Å². The molecule has 2 unspecified atom stereocenters. The molecule has 0 aromatic carbocycles. The van der Waals surface area contributed by atoms with Gasteiger partial charge >= 0.3 is 5.97 Å². The topological polar surface area (TPSA) is 90.7 Å². The maximum absolute atomic E-state index is 12.6. The lowest BCUT2D eigenvalue weighted by Crippen LogP contribution is -2.45. The number of hydrogen-bond acceptors (Lipinski definition) is 4. The van der Waals surface area contributed by atoms with Crippen LogP contribution in [0.5, 0.6) is 0 Å². The number of aliphatic hydroxyl groups excluding tert-OH is 1. The van der Waals surface area contributed by atoms with E-state index in [0.29, 0.717) is 30.6 Å². The van der Waals surface area contributed by atoms with Gasteiger partial charge in [-0.1, -0.05) is 6.92 Å². The molecule has 0 spiro atoms. The van der Waals surface area contributed by atoms with E-state index < -0.39 is 5.97 Å². The molecule has 2 rings (SSSR count). The quantitative estimate of drug-likeness (QED) is 0.811. The van der Waals surface area contributed by atoms with Gasteiger partial charge in [-0.15, -0.1) is 0 Å². The SMILES string of the molecule is CC1CN(C(=O)c2ccncc2/C=C/C(=O)O)CCC1O. The van der Waals surface area contributed by atoms with Crippen LogP contribution < -0.4 is 0 Å². The Hall–Kier alpha value is -2.21. The average Bonchev–Trinajstić information content (AvgIpc) is 2.47. The number of pyridine rings is 1. The molecule has 2 atom stereocenters. The zero-order valence-electron chi connectivity index (χ0n) is 11.8. The molecule has 2 N–H and O–H groups in total. The fourth-order valence-electron chi connectivity index (χ4n) is 2.38. The molecule has 21 heavy (non-hydrogen) atoms. The second-order valence-electron chi connectivity index (χ2n) is 5.22. The summed E-state index contributed by atoms with van der Waals surface area (Å²) in [6, 6.07) is 1.58. The first kappa shape index (κ1) is 15.2. The number of carbonyl (C=O) groups excluding carboxylic acids is 1. The molecule has 0 aliphatic carbocycles. The Kier molecular flexibility index (Phi) is 4.70. The number of likely N-dealkylation sites (tertiary alicyclic amines) is 1. The van der Waals surface area contributed by atoms with Gasteiger partial charge in [0.2, 0.25) is 0 Å². The highest BCUT2D eigenvalue weighted by molar-refractivity contribution is 5.98. The van der Waals surface area contributed by atoms with E-state index in [1.807, 2.05) is 6.92 Å². The molecule has 0 bridgehead atoms. The second-order valence-corrected chi connectivity index (χ2v) is 5.22. The number of aliphatic hydroxyl groups is 1. The third-order valence-corrected chi connectivity index (χ3v) is 3.63. The fourth-order valence-corrected chi connectivity index (χ4v) is 2.38. The van der Waals surface area contributed by atoms with Gasteiger partial charge in [0.15, 0.2) is 0 Å². The number of hydrogen-bond donors (Lipinski definition) is 2. The molecule has 1 aliphatic rings. The number of carboxylic acid groups (broad SMARTS) is 1. The molecular weight excluding hydrogens is 272 g/mol. The lowest BCUT2D eigenvalue weighted by Gasteiger charge is -2.34. The van der Waals surface area contributed by atoms with E-state index in [4.69, 9.17) is 5.11 Å². The van der Waals surface area contributed by atoms with Crippen molar-refractivity contribution >= 4 is 18.0 Å². The zero-order chi connectivity index (χ0) is 15.4. The Morgan fingerprint density at radius 2 is 2.24 bits per heavy atom. The van der Waals surface area contributed by atoms with Crippen molar-refractivity contribution in [1.82, 2.24) is 9.88 Å². The van der Waals surface area contributed by atoms with Gasteiger partial charge in [0, 0.05) is 42.7 Å². The molecular formula is C15H18N2O4. The first-order valence-electron chi connectivity index (χ1n) is 6.81. The summed E-state index contributed by atoms with van der Waals surface area (Å²) in [5, 5.41) is 18.4. The maximum atomic E-state index is 12.6. The number of aromatic nitrogens is 1. The second kappa shape index (κ2) is 6.49. The van der Waals surface area contributed by atoms with Crippen molar-refractivity contribution in [3.63, 3.8) is 0 Å². The number of aliphatic carboxylic acids is 1. The molecule has 1 fully saturated rings. The first-order valence-corrected chi connectivity index (χ1v) is 6.81. The summed E-state index contributed by atoms with van der Waals surface area (Å²) in [5.41, 5.74) is 0.898. The third-order valence-electron chi connectivity index (χ3n) is 3.63. The van der Waals surface area contributed by atoms with Crippen LogP contribution in [-0.2, 0) is 4.79 Å². The first-order chi connectivity index (χ1) is 9.99. The highest BCUT2D eigenvalue weighted by Crippen LogP contribution is 2.20. The van der Waals surface area contributed by atoms with Crippen LogP contribution in [-0.4, -0.2) is 51.2 Å². The van der Waals surface area contributed by atoms with Crippen LogP contribution >= 0.6 is 0 Å². The van der Waals surface area contributed by atoms with Gasteiger partial charge in [-0.3, -0.25) is 9.78 Å². The van der Waals surface area contributed by atoms with Crippen molar-refractivity contribution in [3.05, 3.63) is 35.7 Å². The monoisotopic (exact) mass is 290 g/mol. The third kappa shape index (κ3) is 3.66. The number of carboxylic acids is 1. The summed E-state index contributed by atoms with van der Waals surface area (Å²) < 4.78 is 0. The van der Waals surface area contributed by atoms with Crippen LogP contribution in [0.2, 0.25) is 0 Å². The minimum absolute atomic E-state index is 0.0301. The predicted octanol–water partition coefficient (Wildman–Crippen LogP) is 1.02. The van der Waals surface area contributed by atoms with Crippen LogP contribution in [0.3, 0.4) is 0 Å². The van der Waals surface area contributed by atoms with Crippen molar-refractivity contribution in [2.75, 3.05) is 13.1 Å². The number of carbonyl (C=O) groups is 2. The van der Waals surface area contributed by atoms with Crippen molar-refractivity contribution in [2.24, 2.45) is 5.92 Å². The Labute approximate surface area is 122 Å². The van der Waals surface area contributed by atoms with Crippen molar-refractivity contribution < 1.29 is 19.8 Å². The minimum Gasteiger partial charge on any atom is -0.478 e. The van der Waals surface area contributed by atoms with Crippen molar-refractivity contribution in [2.45, 2.75) is 19.4 Å². The molecule has 1 saturated heterocycles. The number of nitrogens with zero attached hydrogens (tertiary/aromatic N) is 2. The molecule has 2 heterocycles. The summed E-state index contributed by atoms with van der Waals surface area (Å²) >= 11 is 0. The summed E-state index contributed by atoms with van der Waals surface area (Å²) in [6.45, 7) is 2.89. The molecule has 0 radical (unpaired) electrons. The minimum atomic E-state index is -1.08. The lowest BCUT2D eigenvalue weighted by atomic mass is 9.96. The smallest absolute Gasteiger partial charge is 0.328 e. The van der Waals surface area contributed by atoms with E-state index in [1.54, 1.807) is 11.0 Å². The van der Waals surface area contributed by atoms with Gasteiger partial charge in [0.25, 0.3) is 5.91 Å². The Bertz CT molecular complexity index is 571. The standard InChI is InChI=1S/C15H18N2O4/c1-10-9-17(7-5-13(10)18)15(21)12-4-6-16-8-11(12)2-3-14(19)20/h2-4,6,8,10,13,18H,5,7,9H2,1H3,(H,19,20)/b3-2+. The molecule has 112 valence electrons. The van der Waals surface area contributed by atoms with E-state index in [2.05, 4.69) is 4.98 Å². The van der Waals surface area contributed by atoms with E-state index in [1.165, 1.54) is 18.5 Å². The Balaban J connectivity index is 2.21. The predicted molar refractivity (Wildman–Crippen MR) is 76.6 cm³/mol. The Morgan fingerprint density at radius 3 is 2.90 bits per heavy atom. The van der Waals surface area contributed by atoms with E-state index in [0.717, 1.165) is 6.08 Å². The molecule has 1 aromatic rings. The summed E-state index contributed by atoms with van der Waals surface area (Å²) in [6.07, 6.45) is 5.50. The largest absolute Gasteiger partial charge is 0.478 e. The highest BCUT2D eigenvalue weighted by atomic mass is 16.4. The normalized spacial score (nSPS) is 22.5. The molecule has 0 saturated carbocycles. The fraction of sp³-hybridized carbons (Fsp3) is 0.400. The van der Waals surface area contributed by atoms with Crippen molar-refractivity contribution in [3.8, 4) is 0 Å². The van der Waals surface area contributed by atoms with E-state index in [9.17, 15) is 14.7 Å². The van der Waals surface area contributed by atoms with Crippen LogP contribution in [0.4, 0.5) is 0 Å². The van der Waals surface area contributed by atoms with Crippen LogP contribution in [0.25, 0.3) is 6.08 Å². The van der Waals surface area contributed by atoms with Gasteiger partial charge in [-0.25, -0.2) is 4.79 Å². The molecule has 6 nitrogen and oxygen atoms in total. The maximum Gasteiger partial charge on any atom is 0.328 e. The molecule has 6 heteroatoms. The van der Waals surface area contributed by atoms with Crippen LogP contribution in [0.1, 0.15) is 29.3 Å². The number of piperidine rings is 1. The van der Waals surface area contributed by atoms with Crippen molar-refractivity contribution in [1.29, 1.82) is 0 Å². The summed E-state index contributed by atoms with van der Waals surface area (Å²) in [7, 11) is 0. The number of amides is 1. The van der Waals surface area contributed by atoms with Gasteiger partial charge in [0.05, 0.1) is 6.10 Å². The van der Waals surface area contributed by atoms with E-state index in [-0.39, 0.29) is 17.9 Å². The zero-order valence-corrected chi connectivity index (χ0v) is 11.8. The van der Waals surface area contributed by atoms with Crippen LogP contribution in [0.15, 0.2) is 24.5 Å². The molecule has 1 aliphatic heterocycles. The Morgan fingerprint density at radius 1 is 1.48 bits per heavy atom. The highest BCUT2D eigenvalue weighted by Gasteiger charge is 2.28. The van der Waals surface area contributed by atoms with Gasteiger partial charge in [-0.05, 0) is 24.5 Å². The summed E-state index contributed by atoms with van der Waals surface area (Å²) in [5.74, 6) is -1.21.